The number of methoxy groups -OCH3 is 2. The summed E-state index contributed by atoms with van der Waals surface area (Å²) in [5.74, 6) is -0.0929. The summed E-state index contributed by atoms with van der Waals surface area (Å²) in [6.45, 7) is 1.67. The van der Waals surface area contributed by atoms with Crippen LogP contribution in [0.15, 0.2) is 71.8 Å². The average molecular weight is 476 g/mol. The summed E-state index contributed by atoms with van der Waals surface area (Å²) in [7, 11) is 2.99. The predicted molar refractivity (Wildman–Crippen MR) is 130 cm³/mol. The second kappa shape index (κ2) is 12.0. The smallest absolute Gasteiger partial charge is 0.343 e. The molecule has 0 saturated heterocycles. The molecule has 0 saturated carbocycles. The third-order valence-electron chi connectivity index (χ3n) is 4.80. The number of carbonyl (C=O) groups is 3. The molecular weight excluding hydrogens is 450 g/mol. The molecule has 0 fully saturated rings. The molecule has 0 aromatic heterocycles. The molecule has 0 aliphatic carbocycles. The normalized spacial score (nSPS) is 10.5. The van der Waals surface area contributed by atoms with Gasteiger partial charge in [-0.15, -0.1) is 0 Å². The first-order valence-electron chi connectivity index (χ1n) is 10.6. The Balaban J connectivity index is 1.48. The van der Waals surface area contributed by atoms with Crippen molar-refractivity contribution in [1.82, 2.24) is 10.7 Å². The van der Waals surface area contributed by atoms with Gasteiger partial charge in [-0.05, 0) is 67.1 Å². The number of nitrogens with one attached hydrogen (secondary N) is 2. The minimum atomic E-state index is -0.549. The quantitative estimate of drug-likeness (QED) is 0.213. The molecule has 2 amide bonds. The van der Waals surface area contributed by atoms with Crippen LogP contribution >= 0.6 is 0 Å². The van der Waals surface area contributed by atoms with Gasteiger partial charge in [0.05, 0.1) is 32.5 Å². The molecule has 9 heteroatoms. The number of ether oxygens (including phenoxy) is 3. The van der Waals surface area contributed by atoms with Crippen LogP contribution in [0.1, 0.15) is 31.8 Å². The van der Waals surface area contributed by atoms with E-state index >= 15 is 0 Å². The molecule has 0 aliphatic heterocycles. The van der Waals surface area contributed by atoms with Crippen LogP contribution in [0.4, 0.5) is 0 Å². The Morgan fingerprint density at radius 1 is 0.886 bits per heavy atom. The van der Waals surface area contributed by atoms with Crippen molar-refractivity contribution in [3.05, 3.63) is 89.0 Å². The number of hydrogen-bond acceptors (Lipinski definition) is 7. The van der Waals surface area contributed by atoms with Crippen molar-refractivity contribution >= 4 is 24.0 Å². The number of nitrogens with zero attached hydrogens (tertiary/aromatic N) is 1. The fourth-order valence-electron chi connectivity index (χ4n) is 3.02. The topological polar surface area (TPSA) is 115 Å². The monoisotopic (exact) mass is 475 g/mol. The van der Waals surface area contributed by atoms with Crippen LogP contribution in [0.2, 0.25) is 0 Å². The summed E-state index contributed by atoms with van der Waals surface area (Å²) in [4.78, 5) is 36.4. The van der Waals surface area contributed by atoms with Gasteiger partial charge in [0.25, 0.3) is 11.8 Å². The average Bonchev–Trinajstić information content (AvgIpc) is 2.87. The number of amides is 2. The number of aryl methyl sites for hydroxylation is 1. The van der Waals surface area contributed by atoms with Crippen LogP contribution in [0.5, 0.6) is 17.2 Å². The molecule has 0 radical (unpaired) electrons. The maximum absolute atomic E-state index is 12.4. The minimum Gasteiger partial charge on any atom is -0.493 e. The van der Waals surface area contributed by atoms with E-state index in [4.69, 9.17) is 14.2 Å². The lowest BCUT2D eigenvalue weighted by molar-refractivity contribution is -0.120. The van der Waals surface area contributed by atoms with Crippen LogP contribution in [-0.4, -0.2) is 44.8 Å². The van der Waals surface area contributed by atoms with Crippen molar-refractivity contribution < 1.29 is 28.6 Å². The van der Waals surface area contributed by atoms with Crippen molar-refractivity contribution in [2.75, 3.05) is 20.8 Å². The van der Waals surface area contributed by atoms with E-state index in [9.17, 15) is 14.4 Å². The molecule has 0 aliphatic rings. The van der Waals surface area contributed by atoms with Gasteiger partial charge >= 0.3 is 5.97 Å². The fraction of sp³-hybridized carbons (Fsp3) is 0.154. The number of esters is 1. The third kappa shape index (κ3) is 7.16. The van der Waals surface area contributed by atoms with Crippen LogP contribution in [0, 0.1) is 6.92 Å². The van der Waals surface area contributed by atoms with Gasteiger partial charge in [0.1, 0.15) is 5.75 Å². The summed E-state index contributed by atoms with van der Waals surface area (Å²) in [5.41, 5.74) is 4.76. The summed E-state index contributed by atoms with van der Waals surface area (Å²) >= 11 is 0. The highest BCUT2D eigenvalue weighted by Crippen LogP contribution is 2.28. The summed E-state index contributed by atoms with van der Waals surface area (Å²) in [5, 5.41) is 6.41. The Bertz CT molecular complexity index is 1240. The lowest BCUT2D eigenvalue weighted by Crippen LogP contribution is -2.34. The molecule has 35 heavy (non-hydrogen) atoms. The van der Waals surface area contributed by atoms with Crippen LogP contribution in [-0.2, 0) is 4.79 Å². The summed E-state index contributed by atoms with van der Waals surface area (Å²) < 4.78 is 15.7. The van der Waals surface area contributed by atoms with Crippen LogP contribution < -0.4 is 25.0 Å². The van der Waals surface area contributed by atoms with Crippen molar-refractivity contribution in [3.63, 3.8) is 0 Å². The Kier molecular flexibility index (Phi) is 8.55. The zero-order chi connectivity index (χ0) is 25.2. The highest BCUT2D eigenvalue weighted by Gasteiger charge is 2.13. The minimum absolute atomic E-state index is 0.213. The van der Waals surface area contributed by atoms with E-state index in [0.29, 0.717) is 33.9 Å². The standard InChI is InChI=1S/C26H25N3O6/c1-17-5-4-6-19(13-17)25(31)27-16-24(30)29-28-15-18-7-10-21(11-8-18)35-26(32)20-9-12-22(33-2)23(14-20)34-3/h4-15H,16H2,1-3H3,(H,27,31)(H,29,30)/b28-15-. The third-order valence-corrected chi connectivity index (χ3v) is 4.80. The van der Waals surface area contributed by atoms with Crippen molar-refractivity contribution in [2.24, 2.45) is 5.10 Å². The first-order valence-corrected chi connectivity index (χ1v) is 10.6. The highest BCUT2D eigenvalue weighted by atomic mass is 16.5. The maximum Gasteiger partial charge on any atom is 0.343 e. The van der Waals surface area contributed by atoms with E-state index in [-0.39, 0.29) is 12.5 Å². The lowest BCUT2D eigenvalue weighted by Gasteiger charge is -2.09. The first kappa shape index (κ1) is 25.0. The van der Waals surface area contributed by atoms with Gasteiger partial charge < -0.3 is 19.5 Å². The largest absolute Gasteiger partial charge is 0.493 e. The molecule has 3 aromatic rings. The molecule has 0 spiro atoms. The summed E-state index contributed by atoms with van der Waals surface area (Å²) in [6, 6.07) is 18.4. The van der Waals surface area contributed by atoms with E-state index in [1.54, 1.807) is 54.6 Å². The van der Waals surface area contributed by atoms with Gasteiger partial charge in [0.2, 0.25) is 0 Å². The maximum atomic E-state index is 12.4. The number of hydrazone groups is 1. The number of carbonyl (C=O) groups excluding carboxylic acids is 3. The van der Waals surface area contributed by atoms with Crippen LogP contribution in [0.25, 0.3) is 0 Å². The zero-order valence-electron chi connectivity index (χ0n) is 19.5. The van der Waals surface area contributed by atoms with E-state index in [0.717, 1.165) is 5.56 Å². The van der Waals surface area contributed by atoms with Gasteiger partial charge in [0.15, 0.2) is 11.5 Å². The Morgan fingerprint density at radius 3 is 2.31 bits per heavy atom. The fourth-order valence-corrected chi connectivity index (χ4v) is 3.02. The van der Waals surface area contributed by atoms with Crippen molar-refractivity contribution in [2.45, 2.75) is 6.92 Å². The predicted octanol–water partition coefficient (Wildman–Crippen LogP) is 3.11. The lowest BCUT2D eigenvalue weighted by atomic mass is 10.1. The van der Waals surface area contributed by atoms with E-state index in [1.807, 2.05) is 13.0 Å². The van der Waals surface area contributed by atoms with Crippen LogP contribution in [0.3, 0.4) is 0 Å². The number of rotatable bonds is 9. The molecule has 0 bridgehead atoms. The van der Waals surface area contributed by atoms with Crippen molar-refractivity contribution in [3.8, 4) is 17.2 Å². The van der Waals surface area contributed by atoms with Gasteiger partial charge in [-0.2, -0.15) is 5.10 Å². The number of benzene rings is 3. The zero-order valence-corrected chi connectivity index (χ0v) is 19.5. The van der Waals surface area contributed by atoms with E-state index < -0.39 is 11.9 Å². The highest BCUT2D eigenvalue weighted by molar-refractivity contribution is 5.96. The Morgan fingerprint density at radius 2 is 1.63 bits per heavy atom. The Hall–Kier alpha value is -4.66. The SMILES string of the molecule is COc1ccc(C(=O)Oc2ccc(/C=N\NC(=O)CNC(=O)c3cccc(C)c3)cc2)cc1OC. The van der Waals surface area contributed by atoms with Gasteiger partial charge in [0, 0.05) is 5.56 Å². The molecule has 0 heterocycles. The molecular formula is C26H25N3O6. The van der Waals surface area contributed by atoms with E-state index in [1.165, 1.54) is 26.5 Å². The van der Waals surface area contributed by atoms with Crippen molar-refractivity contribution in [1.29, 1.82) is 0 Å². The molecule has 9 nitrogen and oxygen atoms in total. The van der Waals surface area contributed by atoms with E-state index in [2.05, 4.69) is 15.8 Å². The second-order valence-electron chi connectivity index (χ2n) is 7.37. The molecule has 0 atom stereocenters. The number of hydrogen-bond donors (Lipinski definition) is 2. The van der Waals surface area contributed by atoms with Gasteiger partial charge in [-0.3, -0.25) is 9.59 Å². The first-order chi connectivity index (χ1) is 16.9. The molecule has 3 rings (SSSR count). The van der Waals surface area contributed by atoms with Gasteiger partial charge in [-0.25, -0.2) is 10.2 Å². The molecule has 180 valence electrons. The Labute approximate surface area is 202 Å². The molecule has 2 N–H and O–H groups in total. The molecule has 0 unspecified atom stereocenters. The second-order valence-corrected chi connectivity index (χ2v) is 7.37. The molecule has 3 aromatic carbocycles. The van der Waals surface area contributed by atoms with Gasteiger partial charge in [-0.1, -0.05) is 17.7 Å². The summed E-state index contributed by atoms with van der Waals surface area (Å²) in [6.07, 6.45) is 1.43.